The van der Waals surface area contributed by atoms with Crippen molar-refractivity contribution in [2.24, 2.45) is 75.4 Å². The summed E-state index contributed by atoms with van der Waals surface area (Å²) in [5.74, 6) is 1.92. The van der Waals surface area contributed by atoms with E-state index in [4.69, 9.17) is 18.9 Å². The fourth-order valence-corrected chi connectivity index (χ4v) is 14.8. The van der Waals surface area contributed by atoms with Crippen LogP contribution in [0, 0.1) is 75.4 Å². The van der Waals surface area contributed by atoms with E-state index in [1.165, 1.54) is 6.42 Å². The van der Waals surface area contributed by atoms with Gasteiger partial charge in [0.25, 0.3) is 0 Å². The Balaban J connectivity index is 0.965. The maximum absolute atomic E-state index is 15.0. The van der Waals surface area contributed by atoms with E-state index in [0.717, 1.165) is 63.2 Å². The minimum atomic E-state index is -1.19. The van der Waals surface area contributed by atoms with Gasteiger partial charge < -0.3 is 24.1 Å². The monoisotopic (exact) mass is 722 g/mol. The topological polar surface area (TPSA) is 125 Å². The zero-order chi connectivity index (χ0) is 36.7. The van der Waals surface area contributed by atoms with E-state index in [2.05, 4.69) is 6.92 Å². The third-order valence-electron chi connectivity index (χ3n) is 17.1. The molecule has 9 unspecified atom stereocenters. The van der Waals surface area contributed by atoms with Gasteiger partial charge >= 0.3 is 23.9 Å². The minimum Gasteiger partial charge on any atom is -0.461 e. The molecule has 1 saturated heterocycles. The molecule has 10 aliphatic carbocycles. The Bertz CT molecular complexity index is 1490. The van der Waals surface area contributed by atoms with Crippen molar-refractivity contribution < 1.29 is 43.2 Å². The van der Waals surface area contributed by atoms with Gasteiger partial charge in [0.05, 0.1) is 27.8 Å². The van der Waals surface area contributed by atoms with E-state index in [1.54, 1.807) is 0 Å². The van der Waals surface area contributed by atoms with Crippen LogP contribution in [-0.2, 0) is 38.1 Å². The molecule has 0 amide bonds. The van der Waals surface area contributed by atoms with Crippen LogP contribution < -0.4 is 0 Å². The van der Waals surface area contributed by atoms with E-state index in [1.807, 2.05) is 34.6 Å². The molecule has 1 aliphatic heterocycles. The maximum Gasteiger partial charge on any atom is 0.312 e. The Hall–Kier alpha value is -2.16. The molecule has 0 spiro atoms. The summed E-state index contributed by atoms with van der Waals surface area (Å²) in [7, 11) is 0. The Morgan fingerprint density at radius 2 is 1.35 bits per heavy atom. The summed E-state index contributed by atoms with van der Waals surface area (Å²) < 4.78 is 25.3. The lowest BCUT2D eigenvalue weighted by molar-refractivity contribution is -0.217. The van der Waals surface area contributed by atoms with Crippen LogP contribution in [0.5, 0.6) is 0 Å². The summed E-state index contributed by atoms with van der Waals surface area (Å²) in [6, 6.07) is 0. The number of hydrogen-bond acceptors (Lipinski definition) is 9. The zero-order valence-electron chi connectivity index (χ0n) is 32.3. The third-order valence-corrected chi connectivity index (χ3v) is 17.1. The molecule has 0 radical (unpaired) electrons. The van der Waals surface area contributed by atoms with Gasteiger partial charge in [-0.25, -0.2) is 0 Å². The highest BCUT2D eigenvalue weighted by Gasteiger charge is 2.65. The van der Waals surface area contributed by atoms with Gasteiger partial charge in [0, 0.05) is 11.8 Å². The number of aliphatic hydroxyl groups is 1. The molecule has 9 heteroatoms. The van der Waals surface area contributed by atoms with Gasteiger partial charge in [-0.2, -0.15) is 0 Å². The highest BCUT2D eigenvalue weighted by molar-refractivity contribution is 5.83. The average Bonchev–Trinajstić information content (AvgIpc) is 3.69. The number of carbonyl (C=O) groups is 4. The molecule has 10 bridgehead atoms. The first-order valence-electron chi connectivity index (χ1n) is 21.0. The molecule has 288 valence electrons. The molecule has 10 saturated carbocycles. The lowest BCUT2D eigenvalue weighted by atomic mass is 9.50. The molecule has 1 heterocycles. The number of rotatable bonds is 11. The minimum absolute atomic E-state index is 0.0715. The summed E-state index contributed by atoms with van der Waals surface area (Å²) in [4.78, 5) is 56.1. The van der Waals surface area contributed by atoms with Crippen molar-refractivity contribution in [3.05, 3.63) is 0 Å². The zero-order valence-corrected chi connectivity index (χ0v) is 32.3. The standard InChI is InChI=1S/C43H62O9/c1-7-40(4,37(46)51-33-25-15-30-31(16-25)35(44)49-34(30)33)21-41(5,38(47)52-42(6)28-11-22-8-23(13-28)14-29(42)12-22)20-39(2,3)36(45)50-32-26-9-24-10-27(32)19-43(48,17-24)18-26/h22-34,48H,7-21H2,1-6H3. The van der Waals surface area contributed by atoms with Crippen LogP contribution in [0.15, 0.2) is 0 Å². The quantitative estimate of drug-likeness (QED) is 0.178. The van der Waals surface area contributed by atoms with Gasteiger partial charge in [0.15, 0.2) is 0 Å². The van der Waals surface area contributed by atoms with E-state index in [-0.39, 0.29) is 78.5 Å². The molecule has 11 rings (SSSR count). The van der Waals surface area contributed by atoms with Gasteiger partial charge in [-0.1, -0.05) is 6.92 Å². The largest absolute Gasteiger partial charge is 0.461 e. The third kappa shape index (κ3) is 5.44. The Morgan fingerprint density at radius 1 is 0.731 bits per heavy atom. The highest BCUT2D eigenvalue weighted by atomic mass is 16.6. The van der Waals surface area contributed by atoms with Gasteiger partial charge in [0.2, 0.25) is 0 Å². The molecular weight excluding hydrogens is 660 g/mol. The molecule has 52 heavy (non-hydrogen) atoms. The molecule has 1 N–H and O–H groups in total. The molecule has 11 fully saturated rings. The smallest absolute Gasteiger partial charge is 0.312 e. The first kappa shape index (κ1) is 35.5. The molecule has 0 aromatic carbocycles. The Labute approximate surface area is 309 Å². The summed E-state index contributed by atoms with van der Waals surface area (Å²) in [6.45, 7) is 11.6. The lowest BCUT2D eigenvalue weighted by Gasteiger charge is -2.59. The average molecular weight is 723 g/mol. The lowest BCUT2D eigenvalue weighted by Crippen LogP contribution is -2.59. The van der Waals surface area contributed by atoms with Crippen LogP contribution in [0.3, 0.4) is 0 Å². The predicted molar refractivity (Wildman–Crippen MR) is 189 cm³/mol. The van der Waals surface area contributed by atoms with Crippen LogP contribution in [0.1, 0.15) is 138 Å². The van der Waals surface area contributed by atoms with Gasteiger partial charge in [-0.3, -0.25) is 19.2 Å². The Kier molecular flexibility index (Phi) is 7.98. The van der Waals surface area contributed by atoms with E-state index >= 15 is 0 Å². The fraction of sp³-hybridized carbons (Fsp3) is 0.907. The normalized spacial score (nSPS) is 48.3. The van der Waals surface area contributed by atoms with E-state index in [9.17, 15) is 24.3 Å². The van der Waals surface area contributed by atoms with Crippen molar-refractivity contribution in [2.75, 3.05) is 0 Å². The molecule has 11 aliphatic rings. The number of esters is 4. The van der Waals surface area contributed by atoms with Crippen molar-refractivity contribution in [1.29, 1.82) is 0 Å². The summed E-state index contributed by atoms with van der Waals surface area (Å²) >= 11 is 0. The summed E-state index contributed by atoms with van der Waals surface area (Å²) in [6.07, 6.45) is 11.2. The molecule has 0 aromatic rings. The molecule has 9 atom stereocenters. The van der Waals surface area contributed by atoms with Crippen LogP contribution >= 0.6 is 0 Å². The Morgan fingerprint density at radius 3 is 1.94 bits per heavy atom. The van der Waals surface area contributed by atoms with E-state index < -0.39 is 33.6 Å². The van der Waals surface area contributed by atoms with Crippen molar-refractivity contribution in [3.8, 4) is 0 Å². The number of ether oxygens (including phenoxy) is 4. The first-order chi connectivity index (χ1) is 24.4. The van der Waals surface area contributed by atoms with Gasteiger partial charge in [-0.05, 0) is 172 Å². The summed E-state index contributed by atoms with van der Waals surface area (Å²) in [5, 5.41) is 11.1. The van der Waals surface area contributed by atoms with Crippen molar-refractivity contribution in [3.63, 3.8) is 0 Å². The molecular formula is C43H62O9. The fourth-order valence-electron chi connectivity index (χ4n) is 14.8. The second-order valence-electron chi connectivity index (χ2n) is 21.4. The van der Waals surface area contributed by atoms with Gasteiger partial charge in [-0.15, -0.1) is 0 Å². The maximum atomic E-state index is 15.0. The second-order valence-corrected chi connectivity index (χ2v) is 21.4. The van der Waals surface area contributed by atoms with E-state index in [0.29, 0.717) is 43.4 Å². The second kappa shape index (κ2) is 11.7. The van der Waals surface area contributed by atoms with Crippen LogP contribution in [0.2, 0.25) is 0 Å². The number of fused-ring (bicyclic) bond motifs is 1. The predicted octanol–water partition coefficient (Wildman–Crippen LogP) is 6.95. The van der Waals surface area contributed by atoms with Gasteiger partial charge in [0.1, 0.15) is 23.9 Å². The number of hydrogen-bond donors (Lipinski definition) is 1. The van der Waals surface area contributed by atoms with Crippen molar-refractivity contribution in [1.82, 2.24) is 0 Å². The van der Waals surface area contributed by atoms with Crippen LogP contribution in [0.4, 0.5) is 0 Å². The molecule has 9 nitrogen and oxygen atoms in total. The first-order valence-corrected chi connectivity index (χ1v) is 21.0. The van der Waals surface area contributed by atoms with Crippen LogP contribution in [0.25, 0.3) is 0 Å². The van der Waals surface area contributed by atoms with Crippen molar-refractivity contribution in [2.45, 2.75) is 167 Å². The summed E-state index contributed by atoms with van der Waals surface area (Å²) in [5.41, 5.74) is -4.46. The highest BCUT2D eigenvalue weighted by Crippen LogP contribution is 2.61. The molecule has 0 aromatic heterocycles. The SMILES string of the molecule is CCC(C)(CC(C)(CC(C)(C)C(=O)OC1C2CC3CC1CC(O)(C3)C2)C(=O)OC1(C)C2CC3CC(C2)CC1C3)C(=O)OC1C2CC3C(=O)OC1C3C2. The van der Waals surface area contributed by atoms with Crippen LogP contribution in [-0.4, -0.2) is 58.5 Å². The van der Waals surface area contributed by atoms with Crippen molar-refractivity contribution >= 4 is 23.9 Å². The number of carbonyl (C=O) groups excluding carboxylic acids is 4.